The van der Waals surface area contributed by atoms with Crippen LogP contribution in [0.4, 0.5) is 0 Å². The normalized spacial score (nSPS) is 11.2. The standard InChI is InChI=1S/C16H16BrN3OS/c1-11-14-15(22-19-11)18-13(8-5-9-17)20(16(14)21)10-12-6-3-2-4-7-12/h2-4,6-7H,5,8-10H2,1H3. The molecule has 0 aliphatic heterocycles. The Morgan fingerprint density at radius 1 is 1.27 bits per heavy atom. The number of rotatable bonds is 5. The van der Waals surface area contributed by atoms with Gasteiger partial charge in [0.05, 0.1) is 17.6 Å². The van der Waals surface area contributed by atoms with Crippen LogP contribution in [0.5, 0.6) is 0 Å². The predicted octanol–water partition coefficient (Wildman–Crippen LogP) is 3.54. The molecule has 0 unspecified atom stereocenters. The maximum atomic E-state index is 12.9. The molecule has 0 fully saturated rings. The van der Waals surface area contributed by atoms with E-state index in [0.29, 0.717) is 11.9 Å². The number of alkyl halides is 1. The van der Waals surface area contributed by atoms with E-state index >= 15 is 0 Å². The minimum absolute atomic E-state index is 0.0182. The third kappa shape index (κ3) is 2.98. The van der Waals surface area contributed by atoms with Crippen molar-refractivity contribution in [3.8, 4) is 0 Å². The molecule has 2 heterocycles. The summed E-state index contributed by atoms with van der Waals surface area (Å²) in [5, 5.41) is 1.55. The highest BCUT2D eigenvalue weighted by molar-refractivity contribution is 9.09. The molecular formula is C16H16BrN3OS. The SMILES string of the molecule is Cc1nsc2nc(CCCBr)n(Cc3ccccc3)c(=O)c12. The maximum Gasteiger partial charge on any atom is 0.264 e. The Hall–Kier alpha value is -1.53. The highest BCUT2D eigenvalue weighted by atomic mass is 79.9. The topological polar surface area (TPSA) is 47.8 Å². The van der Waals surface area contributed by atoms with Crippen molar-refractivity contribution in [2.45, 2.75) is 26.3 Å². The van der Waals surface area contributed by atoms with Crippen LogP contribution < -0.4 is 5.56 Å². The van der Waals surface area contributed by atoms with Crippen LogP contribution in [-0.2, 0) is 13.0 Å². The molecule has 0 aliphatic rings. The number of benzene rings is 1. The van der Waals surface area contributed by atoms with Crippen LogP contribution in [0, 0.1) is 6.92 Å². The summed E-state index contributed by atoms with van der Waals surface area (Å²) in [5.41, 5.74) is 1.89. The largest absolute Gasteiger partial charge is 0.292 e. The molecule has 0 saturated carbocycles. The molecular weight excluding hydrogens is 362 g/mol. The van der Waals surface area contributed by atoms with Crippen molar-refractivity contribution < 1.29 is 0 Å². The van der Waals surface area contributed by atoms with E-state index in [4.69, 9.17) is 0 Å². The highest BCUT2D eigenvalue weighted by Gasteiger charge is 2.15. The van der Waals surface area contributed by atoms with Gasteiger partial charge in [-0.1, -0.05) is 46.3 Å². The quantitative estimate of drug-likeness (QED) is 0.638. The van der Waals surface area contributed by atoms with Gasteiger partial charge in [-0.3, -0.25) is 9.36 Å². The maximum absolute atomic E-state index is 12.9. The molecule has 4 nitrogen and oxygen atoms in total. The summed E-state index contributed by atoms with van der Waals surface area (Å²) in [7, 11) is 0. The van der Waals surface area contributed by atoms with E-state index in [0.717, 1.165) is 40.1 Å². The summed E-state index contributed by atoms with van der Waals surface area (Å²) in [6, 6.07) is 10.0. The summed E-state index contributed by atoms with van der Waals surface area (Å²) < 4.78 is 6.08. The van der Waals surface area contributed by atoms with Crippen LogP contribution in [0.3, 0.4) is 0 Å². The summed E-state index contributed by atoms with van der Waals surface area (Å²) in [4.78, 5) is 18.3. The van der Waals surface area contributed by atoms with Gasteiger partial charge in [-0.2, -0.15) is 4.37 Å². The molecule has 2 aromatic heterocycles. The van der Waals surface area contributed by atoms with Crippen LogP contribution >= 0.6 is 27.5 Å². The van der Waals surface area contributed by atoms with Gasteiger partial charge in [0, 0.05) is 11.8 Å². The van der Waals surface area contributed by atoms with Gasteiger partial charge in [-0.05, 0) is 30.4 Å². The fourth-order valence-corrected chi connectivity index (χ4v) is 3.52. The summed E-state index contributed by atoms with van der Waals surface area (Å²) in [6.07, 6.45) is 1.73. The predicted molar refractivity (Wildman–Crippen MR) is 94.1 cm³/mol. The summed E-state index contributed by atoms with van der Waals surface area (Å²) in [6.45, 7) is 2.42. The average molecular weight is 378 g/mol. The number of aryl methyl sites for hydroxylation is 2. The first-order valence-electron chi connectivity index (χ1n) is 7.16. The van der Waals surface area contributed by atoms with Crippen molar-refractivity contribution >= 4 is 37.7 Å². The number of hydrogen-bond donors (Lipinski definition) is 0. The molecule has 6 heteroatoms. The fraction of sp³-hybridized carbons (Fsp3) is 0.312. The second kappa shape index (κ2) is 6.71. The Balaban J connectivity index is 2.13. The molecule has 1 aromatic carbocycles. The smallest absolute Gasteiger partial charge is 0.264 e. The van der Waals surface area contributed by atoms with Crippen molar-refractivity contribution in [2.24, 2.45) is 0 Å². The molecule has 0 N–H and O–H groups in total. The summed E-state index contributed by atoms with van der Waals surface area (Å²) >= 11 is 4.75. The van der Waals surface area contributed by atoms with Crippen molar-refractivity contribution in [2.75, 3.05) is 5.33 Å². The van der Waals surface area contributed by atoms with E-state index in [-0.39, 0.29) is 5.56 Å². The second-order valence-corrected chi connectivity index (χ2v) is 6.69. The molecule has 22 heavy (non-hydrogen) atoms. The van der Waals surface area contributed by atoms with Gasteiger partial charge in [0.1, 0.15) is 5.82 Å². The first-order chi connectivity index (χ1) is 10.7. The zero-order chi connectivity index (χ0) is 15.5. The highest BCUT2D eigenvalue weighted by Crippen LogP contribution is 2.18. The Kier molecular flexibility index (Phi) is 4.69. The molecule has 3 rings (SSSR count). The molecule has 0 amide bonds. The molecule has 0 aliphatic carbocycles. The Labute approximate surface area is 141 Å². The van der Waals surface area contributed by atoms with Crippen molar-refractivity contribution in [3.63, 3.8) is 0 Å². The molecule has 114 valence electrons. The van der Waals surface area contributed by atoms with Crippen LogP contribution in [0.15, 0.2) is 35.1 Å². The zero-order valence-corrected chi connectivity index (χ0v) is 14.7. The van der Waals surface area contributed by atoms with Crippen LogP contribution in [0.1, 0.15) is 23.5 Å². The molecule has 0 radical (unpaired) electrons. The zero-order valence-electron chi connectivity index (χ0n) is 12.3. The monoisotopic (exact) mass is 377 g/mol. The minimum Gasteiger partial charge on any atom is -0.292 e. The van der Waals surface area contributed by atoms with Gasteiger partial charge in [0.25, 0.3) is 5.56 Å². The van der Waals surface area contributed by atoms with Crippen molar-refractivity contribution in [1.29, 1.82) is 0 Å². The molecule has 0 bridgehead atoms. The molecule has 0 atom stereocenters. The van der Waals surface area contributed by atoms with E-state index < -0.39 is 0 Å². The number of nitrogens with zero attached hydrogens (tertiary/aromatic N) is 3. The van der Waals surface area contributed by atoms with Gasteiger partial charge >= 0.3 is 0 Å². The number of fused-ring (bicyclic) bond motifs is 1. The second-order valence-electron chi connectivity index (χ2n) is 5.15. The van der Waals surface area contributed by atoms with Gasteiger partial charge in [-0.25, -0.2) is 4.98 Å². The van der Waals surface area contributed by atoms with Gasteiger partial charge in [-0.15, -0.1) is 0 Å². The van der Waals surface area contributed by atoms with Gasteiger partial charge in [0.15, 0.2) is 4.83 Å². The van der Waals surface area contributed by atoms with Crippen LogP contribution in [0.2, 0.25) is 0 Å². The lowest BCUT2D eigenvalue weighted by atomic mass is 10.2. The lowest BCUT2D eigenvalue weighted by Crippen LogP contribution is -2.26. The minimum atomic E-state index is 0.0182. The first kappa shape index (κ1) is 15.4. The lowest BCUT2D eigenvalue weighted by molar-refractivity contribution is 0.668. The van der Waals surface area contributed by atoms with Crippen LogP contribution in [0.25, 0.3) is 10.2 Å². The fourth-order valence-electron chi connectivity index (χ4n) is 2.45. The van der Waals surface area contributed by atoms with E-state index in [1.165, 1.54) is 11.5 Å². The Bertz CT molecular complexity index is 842. The molecule has 0 saturated heterocycles. The molecule has 3 aromatic rings. The van der Waals surface area contributed by atoms with E-state index in [1.807, 2.05) is 37.3 Å². The van der Waals surface area contributed by atoms with Crippen molar-refractivity contribution in [1.82, 2.24) is 13.9 Å². The van der Waals surface area contributed by atoms with E-state index in [2.05, 4.69) is 25.3 Å². The van der Waals surface area contributed by atoms with Crippen LogP contribution in [-0.4, -0.2) is 19.3 Å². The lowest BCUT2D eigenvalue weighted by Gasteiger charge is -2.12. The van der Waals surface area contributed by atoms with Gasteiger partial charge in [0.2, 0.25) is 0 Å². The third-order valence-electron chi connectivity index (χ3n) is 3.56. The number of hydrogen-bond acceptors (Lipinski definition) is 4. The van der Waals surface area contributed by atoms with Gasteiger partial charge < -0.3 is 0 Å². The van der Waals surface area contributed by atoms with E-state index in [1.54, 1.807) is 4.57 Å². The van der Waals surface area contributed by atoms with Crippen molar-refractivity contribution in [3.05, 3.63) is 57.8 Å². The average Bonchev–Trinajstić information content (AvgIpc) is 2.90. The number of aromatic nitrogens is 3. The Morgan fingerprint density at radius 3 is 2.77 bits per heavy atom. The third-order valence-corrected chi connectivity index (χ3v) is 4.96. The number of halogens is 1. The molecule has 0 spiro atoms. The Morgan fingerprint density at radius 2 is 2.05 bits per heavy atom. The van der Waals surface area contributed by atoms with E-state index in [9.17, 15) is 4.79 Å². The summed E-state index contributed by atoms with van der Waals surface area (Å²) in [5.74, 6) is 0.837. The first-order valence-corrected chi connectivity index (χ1v) is 9.06.